The zero-order valence-corrected chi connectivity index (χ0v) is 12.4. The first kappa shape index (κ1) is 13.0. The van der Waals surface area contributed by atoms with Gasteiger partial charge in [-0.3, -0.25) is 10.4 Å². The molecule has 3 rings (SSSR count). The van der Waals surface area contributed by atoms with Gasteiger partial charge in [0.1, 0.15) is 10.3 Å². The van der Waals surface area contributed by atoms with E-state index < -0.39 is 5.60 Å². The van der Waals surface area contributed by atoms with Crippen LogP contribution >= 0.6 is 15.9 Å². The van der Waals surface area contributed by atoms with Crippen molar-refractivity contribution < 1.29 is 5.11 Å². The van der Waals surface area contributed by atoms with Crippen molar-refractivity contribution in [1.82, 2.24) is 20.7 Å². The summed E-state index contributed by atoms with van der Waals surface area (Å²) in [6.07, 6.45) is 5.33. The van der Waals surface area contributed by atoms with Gasteiger partial charge in [0.15, 0.2) is 0 Å². The molecule has 0 aliphatic carbocycles. The third-order valence-electron chi connectivity index (χ3n) is 3.67. The molecule has 19 heavy (non-hydrogen) atoms. The molecule has 0 aromatic carbocycles. The van der Waals surface area contributed by atoms with Crippen molar-refractivity contribution in [1.29, 1.82) is 0 Å². The van der Waals surface area contributed by atoms with Crippen LogP contribution in [0.25, 0.3) is 0 Å². The number of aliphatic hydroxyl groups is 1. The Morgan fingerprint density at radius 3 is 2.95 bits per heavy atom. The number of hydrogen-bond acceptors (Lipinski definition) is 6. The van der Waals surface area contributed by atoms with E-state index >= 15 is 0 Å². The van der Waals surface area contributed by atoms with E-state index in [1.165, 1.54) is 0 Å². The third-order valence-corrected chi connectivity index (χ3v) is 4.58. The van der Waals surface area contributed by atoms with Gasteiger partial charge in [-0.25, -0.2) is 4.99 Å². The smallest absolute Gasteiger partial charge is 0.128 e. The number of β-amino-alcohol motifs (C(OH)–C–C–N with tert-alkyl or cyclic N) is 1. The third kappa shape index (κ3) is 2.50. The summed E-state index contributed by atoms with van der Waals surface area (Å²) in [5.41, 5.74) is 4.43. The number of rotatable bonds is 2. The molecule has 0 aromatic rings. The maximum absolute atomic E-state index is 10.5. The molecule has 0 spiro atoms. The molecule has 3 aliphatic rings. The predicted molar refractivity (Wildman–Crippen MR) is 77.2 cm³/mol. The largest absolute Gasteiger partial charge is 0.388 e. The molecule has 0 unspecified atom stereocenters. The molecule has 0 atom stereocenters. The number of piperidine rings is 1. The summed E-state index contributed by atoms with van der Waals surface area (Å²) in [6.45, 7) is 2.32. The van der Waals surface area contributed by atoms with Crippen LogP contribution in [0.2, 0.25) is 0 Å². The number of hydrogen-bond donors (Lipinski definition) is 3. The number of aliphatic imine (C=N–C) groups is 1. The lowest BCUT2D eigenvalue weighted by Gasteiger charge is -2.36. The molecule has 0 aromatic heterocycles. The molecule has 3 N–H and O–H groups in total. The van der Waals surface area contributed by atoms with Gasteiger partial charge in [-0.1, -0.05) is 0 Å². The van der Waals surface area contributed by atoms with E-state index in [2.05, 4.69) is 31.7 Å². The van der Waals surface area contributed by atoms with Gasteiger partial charge in [0.2, 0.25) is 0 Å². The quantitative estimate of drug-likeness (QED) is 0.637. The lowest BCUT2D eigenvalue weighted by atomic mass is 9.92. The van der Waals surface area contributed by atoms with E-state index in [1.807, 2.05) is 23.2 Å². The van der Waals surface area contributed by atoms with Crippen LogP contribution in [-0.4, -0.2) is 53.6 Å². The number of fused-ring (bicyclic) bond motifs is 1. The molecule has 0 amide bonds. The number of nitrogens with zero attached hydrogens (tertiary/aromatic N) is 3. The Balaban J connectivity index is 1.72. The van der Waals surface area contributed by atoms with Crippen LogP contribution in [0.3, 0.4) is 0 Å². The van der Waals surface area contributed by atoms with Crippen LogP contribution in [-0.2, 0) is 0 Å². The van der Waals surface area contributed by atoms with E-state index in [9.17, 15) is 5.11 Å². The first-order chi connectivity index (χ1) is 9.07. The second-order valence-electron chi connectivity index (χ2n) is 5.24. The van der Waals surface area contributed by atoms with Crippen LogP contribution in [0.15, 0.2) is 27.2 Å². The SMILES string of the molecule is CN1NC2=CN(CC3(O)CCNCC3)C=NC2=C1Br. The Morgan fingerprint density at radius 2 is 2.21 bits per heavy atom. The number of nitrogens with one attached hydrogen (secondary N) is 2. The fourth-order valence-electron chi connectivity index (χ4n) is 2.57. The summed E-state index contributed by atoms with van der Waals surface area (Å²) in [5, 5.41) is 15.7. The minimum Gasteiger partial charge on any atom is -0.388 e. The fourth-order valence-corrected chi connectivity index (χ4v) is 2.98. The molecule has 3 heterocycles. The molecule has 0 radical (unpaired) electrons. The predicted octanol–water partition coefficient (Wildman–Crippen LogP) is 0.300. The Bertz CT molecular complexity index is 467. The summed E-state index contributed by atoms with van der Waals surface area (Å²) in [5.74, 6) is 0. The Morgan fingerprint density at radius 1 is 1.47 bits per heavy atom. The highest BCUT2D eigenvalue weighted by molar-refractivity contribution is 9.11. The van der Waals surface area contributed by atoms with E-state index in [4.69, 9.17) is 0 Å². The maximum atomic E-state index is 10.5. The number of halogens is 1. The van der Waals surface area contributed by atoms with Gasteiger partial charge in [-0.15, -0.1) is 0 Å². The zero-order chi connectivity index (χ0) is 13.5. The van der Waals surface area contributed by atoms with E-state index in [0.717, 1.165) is 41.9 Å². The molecule has 104 valence electrons. The zero-order valence-electron chi connectivity index (χ0n) is 10.9. The molecule has 7 heteroatoms. The standard InChI is InChI=1S/C12H18BrN5O/c1-17-11(13)10-9(16-17)6-18(8-15-10)7-12(19)2-4-14-5-3-12/h6,8,14,16,19H,2-5,7H2,1H3. The minimum absolute atomic E-state index is 0.581. The van der Waals surface area contributed by atoms with Crippen molar-refractivity contribution in [3.8, 4) is 0 Å². The van der Waals surface area contributed by atoms with Crippen LogP contribution in [0.1, 0.15) is 12.8 Å². The van der Waals surface area contributed by atoms with Crippen LogP contribution in [0, 0.1) is 0 Å². The molecule has 0 saturated carbocycles. The molecule has 1 saturated heterocycles. The Labute approximate surface area is 121 Å². The lowest BCUT2D eigenvalue weighted by Crippen LogP contribution is -2.48. The summed E-state index contributed by atoms with van der Waals surface area (Å²) in [7, 11) is 1.93. The summed E-state index contributed by atoms with van der Waals surface area (Å²) in [6, 6.07) is 0. The van der Waals surface area contributed by atoms with Crippen molar-refractivity contribution in [3.63, 3.8) is 0 Å². The molecule has 6 nitrogen and oxygen atoms in total. The van der Waals surface area contributed by atoms with Crippen LogP contribution < -0.4 is 10.7 Å². The van der Waals surface area contributed by atoms with Gasteiger partial charge in [-0.05, 0) is 41.9 Å². The van der Waals surface area contributed by atoms with Crippen molar-refractivity contribution >= 4 is 22.3 Å². The summed E-state index contributed by atoms with van der Waals surface area (Å²) in [4.78, 5) is 6.39. The van der Waals surface area contributed by atoms with E-state index in [0.29, 0.717) is 6.54 Å². The lowest BCUT2D eigenvalue weighted by molar-refractivity contribution is -0.000139. The topological polar surface area (TPSA) is 63.1 Å². The monoisotopic (exact) mass is 327 g/mol. The van der Waals surface area contributed by atoms with Crippen molar-refractivity contribution in [2.45, 2.75) is 18.4 Å². The second-order valence-corrected chi connectivity index (χ2v) is 6.00. The normalized spacial score (nSPS) is 25.3. The van der Waals surface area contributed by atoms with Crippen molar-refractivity contribution in [2.75, 3.05) is 26.7 Å². The Hall–Kier alpha value is -1.05. The van der Waals surface area contributed by atoms with Gasteiger partial charge >= 0.3 is 0 Å². The molecule has 3 aliphatic heterocycles. The number of hydrazine groups is 1. The Kier molecular flexibility index (Phi) is 3.28. The van der Waals surface area contributed by atoms with Gasteiger partial charge in [0.05, 0.1) is 24.2 Å². The summed E-state index contributed by atoms with van der Waals surface area (Å²) < 4.78 is 0.926. The highest BCUT2D eigenvalue weighted by Crippen LogP contribution is 2.30. The van der Waals surface area contributed by atoms with Crippen LogP contribution in [0.4, 0.5) is 0 Å². The first-order valence-electron chi connectivity index (χ1n) is 6.43. The fraction of sp³-hybridized carbons (Fsp3) is 0.583. The average Bonchev–Trinajstić information content (AvgIpc) is 2.65. The highest BCUT2D eigenvalue weighted by atomic mass is 79.9. The van der Waals surface area contributed by atoms with Gasteiger partial charge in [0, 0.05) is 13.2 Å². The highest BCUT2D eigenvalue weighted by Gasteiger charge is 2.32. The van der Waals surface area contributed by atoms with Gasteiger partial charge in [-0.2, -0.15) is 0 Å². The molecular weight excluding hydrogens is 310 g/mol. The minimum atomic E-state index is -0.628. The molecule has 0 bridgehead atoms. The molecular formula is C12H18BrN5O. The summed E-state index contributed by atoms with van der Waals surface area (Å²) >= 11 is 3.49. The van der Waals surface area contributed by atoms with Gasteiger partial charge in [0.25, 0.3) is 0 Å². The van der Waals surface area contributed by atoms with Gasteiger partial charge < -0.3 is 15.3 Å². The van der Waals surface area contributed by atoms with Crippen molar-refractivity contribution in [2.24, 2.45) is 4.99 Å². The average molecular weight is 328 g/mol. The van der Waals surface area contributed by atoms with Crippen molar-refractivity contribution in [3.05, 3.63) is 22.2 Å². The van der Waals surface area contributed by atoms with E-state index in [-0.39, 0.29) is 0 Å². The van der Waals surface area contributed by atoms with E-state index in [1.54, 1.807) is 6.34 Å². The van der Waals surface area contributed by atoms with Crippen LogP contribution in [0.5, 0.6) is 0 Å². The second kappa shape index (κ2) is 4.81. The first-order valence-corrected chi connectivity index (χ1v) is 7.22. The molecule has 1 fully saturated rings. The maximum Gasteiger partial charge on any atom is 0.128 e.